The number of nitro benzene ring substituents is 1. The molecule has 14 heavy (non-hydrogen) atoms. The van der Waals surface area contributed by atoms with Crippen molar-refractivity contribution in [3.8, 4) is 0 Å². The van der Waals surface area contributed by atoms with Gasteiger partial charge >= 0.3 is 0 Å². The molecule has 0 aliphatic heterocycles. The summed E-state index contributed by atoms with van der Waals surface area (Å²) < 4.78 is 0.525. The van der Waals surface area contributed by atoms with Crippen LogP contribution in [0.4, 0.5) is 5.69 Å². The minimum absolute atomic E-state index is 0.127. The van der Waals surface area contributed by atoms with Crippen LogP contribution in [0.15, 0.2) is 22.7 Å². The number of aryl methyl sites for hydroxylation is 1. The molecule has 3 nitrogen and oxygen atoms in total. The fourth-order valence-corrected chi connectivity index (χ4v) is 1.69. The molecule has 5 heteroatoms. The summed E-state index contributed by atoms with van der Waals surface area (Å²) in [5.74, 6) is 0.795. The number of thiol groups is 1. The van der Waals surface area contributed by atoms with Crippen LogP contribution in [-0.2, 0) is 6.42 Å². The summed E-state index contributed by atoms with van der Waals surface area (Å²) in [5.41, 5.74) is 1.11. The summed E-state index contributed by atoms with van der Waals surface area (Å²) in [5, 5.41) is 10.6. The molecule has 0 fully saturated rings. The zero-order valence-electron chi connectivity index (χ0n) is 7.44. The van der Waals surface area contributed by atoms with E-state index in [1.165, 1.54) is 0 Å². The Morgan fingerprint density at radius 2 is 2.21 bits per heavy atom. The molecule has 0 N–H and O–H groups in total. The summed E-state index contributed by atoms with van der Waals surface area (Å²) in [7, 11) is 0. The van der Waals surface area contributed by atoms with Crippen molar-refractivity contribution in [3.63, 3.8) is 0 Å². The van der Waals surface area contributed by atoms with E-state index in [0.29, 0.717) is 4.47 Å². The second-order valence-corrected chi connectivity index (χ2v) is 4.17. The molecule has 0 unspecified atom stereocenters. The van der Waals surface area contributed by atoms with E-state index in [1.54, 1.807) is 12.1 Å². The summed E-state index contributed by atoms with van der Waals surface area (Å²) in [6.07, 6.45) is 1.76. The van der Waals surface area contributed by atoms with Gasteiger partial charge in [-0.3, -0.25) is 10.1 Å². The molecule has 0 heterocycles. The third-order valence-electron chi connectivity index (χ3n) is 1.83. The predicted octanol–water partition coefficient (Wildman–Crippen LogP) is 3.22. The zero-order chi connectivity index (χ0) is 10.6. The Morgan fingerprint density at radius 1 is 1.50 bits per heavy atom. The number of benzene rings is 1. The normalized spacial score (nSPS) is 10.1. The highest BCUT2D eigenvalue weighted by atomic mass is 79.9. The first kappa shape index (κ1) is 11.5. The molecule has 0 amide bonds. The van der Waals surface area contributed by atoms with E-state index >= 15 is 0 Å². The molecule has 0 aliphatic carbocycles. The fourth-order valence-electron chi connectivity index (χ4n) is 1.14. The number of nitrogens with zero attached hydrogens (tertiary/aromatic N) is 1. The summed E-state index contributed by atoms with van der Waals surface area (Å²) in [4.78, 5) is 10.2. The number of hydrogen-bond donors (Lipinski definition) is 1. The van der Waals surface area contributed by atoms with Crippen molar-refractivity contribution in [2.45, 2.75) is 12.8 Å². The molecule has 0 saturated heterocycles. The van der Waals surface area contributed by atoms with Gasteiger partial charge in [0.1, 0.15) is 0 Å². The van der Waals surface area contributed by atoms with Crippen LogP contribution in [0.1, 0.15) is 12.0 Å². The van der Waals surface area contributed by atoms with Crippen molar-refractivity contribution < 1.29 is 4.92 Å². The molecule has 0 bridgehead atoms. The van der Waals surface area contributed by atoms with Gasteiger partial charge in [-0.1, -0.05) is 6.07 Å². The smallest absolute Gasteiger partial charge is 0.258 e. The van der Waals surface area contributed by atoms with Gasteiger partial charge in [0.25, 0.3) is 5.69 Å². The van der Waals surface area contributed by atoms with Gasteiger partial charge in [0.2, 0.25) is 0 Å². The second kappa shape index (κ2) is 5.36. The zero-order valence-corrected chi connectivity index (χ0v) is 9.92. The third-order valence-corrected chi connectivity index (χ3v) is 2.82. The maximum atomic E-state index is 10.6. The van der Waals surface area contributed by atoms with Crippen LogP contribution in [0.2, 0.25) is 0 Å². The van der Waals surface area contributed by atoms with E-state index in [1.807, 2.05) is 6.07 Å². The summed E-state index contributed by atoms with van der Waals surface area (Å²) >= 11 is 7.24. The number of nitro groups is 1. The van der Waals surface area contributed by atoms with Crippen molar-refractivity contribution in [3.05, 3.63) is 38.3 Å². The molecule has 76 valence electrons. The Morgan fingerprint density at radius 3 is 2.79 bits per heavy atom. The maximum Gasteiger partial charge on any atom is 0.283 e. The van der Waals surface area contributed by atoms with Crippen LogP contribution in [0, 0.1) is 10.1 Å². The van der Waals surface area contributed by atoms with Crippen molar-refractivity contribution in [2.75, 3.05) is 5.75 Å². The Labute approximate surface area is 96.2 Å². The van der Waals surface area contributed by atoms with E-state index < -0.39 is 0 Å². The highest BCUT2D eigenvalue weighted by Gasteiger charge is 2.11. The first-order chi connectivity index (χ1) is 6.65. The fraction of sp³-hybridized carbons (Fsp3) is 0.333. The van der Waals surface area contributed by atoms with E-state index in [4.69, 9.17) is 0 Å². The van der Waals surface area contributed by atoms with Crippen molar-refractivity contribution in [1.29, 1.82) is 0 Å². The molecular formula is C9H10BrNO2S. The van der Waals surface area contributed by atoms with E-state index in [-0.39, 0.29) is 10.6 Å². The second-order valence-electron chi connectivity index (χ2n) is 2.87. The standard InChI is InChI=1S/C9H10BrNO2S/c10-8-4-3-7(2-1-5-14)6-9(8)11(12)13/h3-4,6,14H,1-2,5H2. The number of halogens is 1. The average molecular weight is 276 g/mol. The van der Waals surface area contributed by atoms with Crippen molar-refractivity contribution >= 4 is 34.2 Å². The van der Waals surface area contributed by atoms with Gasteiger partial charge in [0, 0.05) is 6.07 Å². The SMILES string of the molecule is O=[N+]([O-])c1cc(CCCS)ccc1Br. The third kappa shape index (κ3) is 2.99. The summed E-state index contributed by atoms with van der Waals surface area (Å²) in [6.45, 7) is 0. The molecule has 0 aromatic heterocycles. The monoisotopic (exact) mass is 275 g/mol. The lowest BCUT2D eigenvalue weighted by atomic mass is 10.1. The van der Waals surface area contributed by atoms with Crippen LogP contribution in [0.5, 0.6) is 0 Å². The lowest BCUT2D eigenvalue weighted by Gasteiger charge is -2.00. The van der Waals surface area contributed by atoms with Crippen LogP contribution in [0.3, 0.4) is 0 Å². The van der Waals surface area contributed by atoms with Crippen molar-refractivity contribution in [2.24, 2.45) is 0 Å². The van der Waals surface area contributed by atoms with Gasteiger partial charge in [0.15, 0.2) is 0 Å². The van der Waals surface area contributed by atoms with Gasteiger partial charge in [0.05, 0.1) is 9.40 Å². The van der Waals surface area contributed by atoms with E-state index in [9.17, 15) is 10.1 Å². The van der Waals surface area contributed by atoms with Gasteiger partial charge in [-0.2, -0.15) is 12.6 Å². The Kier molecular flexibility index (Phi) is 4.41. The van der Waals surface area contributed by atoms with Crippen LogP contribution in [-0.4, -0.2) is 10.7 Å². The van der Waals surface area contributed by atoms with Gasteiger partial charge < -0.3 is 0 Å². The molecule has 0 spiro atoms. The highest BCUT2D eigenvalue weighted by molar-refractivity contribution is 9.10. The average Bonchev–Trinajstić information content (AvgIpc) is 2.16. The topological polar surface area (TPSA) is 43.1 Å². The predicted molar refractivity (Wildman–Crippen MR) is 63.0 cm³/mol. The molecule has 1 aromatic carbocycles. The molecule has 0 aliphatic rings. The van der Waals surface area contributed by atoms with Gasteiger partial charge in [-0.05, 0) is 46.2 Å². The summed E-state index contributed by atoms with van der Waals surface area (Å²) in [6, 6.07) is 5.21. The van der Waals surface area contributed by atoms with Crippen LogP contribution in [0.25, 0.3) is 0 Å². The van der Waals surface area contributed by atoms with Crippen LogP contribution < -0.4 is 0 Å². The quantitative estimate of drug-likeness (QED) is 0.521. The number of hydrogen-bond acceptors (Lipinski definition) is 3. The molecule has 1 rings (SSSR count). The molecule has 0 saturated carbocycles. The van der Waals surface area contributed by atoms with E-state index in [0.717, 1.165) is 24.2 Å². The number of rotatable bonds is 4. The highest BCUT2D eigenvalue weighted by Crippen LogP contribution is 2.26. The first-order valence-corrected chi connectivity index (χ1v) is 5.61. The van der Waals surface area contributed by atoms with Crippen molar-refractivity contribution in [1.82, 2.24) is 0 Å². The molecule has 0 radical (unpaired) electrons. The Hall–Kier alpha value is -0.550. The minimum Gasteiger partial charge on any atom is -0.258 e. The first-order valence-electron chi connectivity index (χ1n) is 4.19. The van der Waals surface area contributed by atoms with Crippen LogP contribution >= 0.6 is 28.6 Å². The molecule has 1 aromatic rings. The molecular weight excluding hydrogens is 266 g/mol. The lowest BCUT2D eigenvalue weighted by Crippen LogP contribution is -1.92. The van der Waals surface area contributed by atoms with Gasteiger partial charge in [-0.15, -0.1) is 0 Å². The maximum absolute atomic E-state index is 10.6. The Bertz CT molecular complexity index is 344. The van der Waals surface area contributed by atoms with E-state index in [2.05, 4.69) is 28.6 Å². The largest absolute Gasteiger partial charge is 0.283 e. The molecule has 0 atom stereocenters. The Balaban J connectivity index is 2.89. The minimum atomic E-state index is -0.381. The van der Waals surface area contributed by atoms with Gasteiger partial charge in [-0.25, -0.2) is 0 Å². The lowest BCUT2D eigenvalue weighted by molar-refractivity contribution is -0.385.